The first-order chi connectivity index (χ1) is 31.0. The van der Waals surface area contributed by atoms with Gasteiger partial charge >= 0.3 is 11.9 Å². The van der Waals surface area contributed by atoms with Crippen LogP contribution in [0.1, 0.15) is 168 Å². The summed E-state index contributed by atoms with van der Waals surface area (Å²) in [6.07, 6.45) is 20.9. The maximum absolute atomic E-state index is 12.9. The fraction of sp³-hybridized carbons (Fsp3) is 0.837. The zero-order valence-corrected chi connectivity index (χ0v) is 39.0. The van der Waals surface area contributed by atoms with Gasteiger partial charge in [-0.05, 0) is 32.1 Å². The number of aliphatic hydroxyl groups is 7. The summed E-state index contributed by atoms with van der Waals surface area (Å²) in [5.74, 6) is -1.14. The van der Waals surface area contributed by atoms with Crippen molar-refractivity contribution in [2.24, 2.45) is 0 Å². The summed E-state index contributed by atoms with van der Waals surface area (Å²) < 4.78 is 33.3. The molecule has 2 fully saturated rings. The van der Waals surface area contributed by atoms with Crippen LogP contribution in [0.5, 0.6) is 0 Å². The summed E-state index contributed by atoms with van der Waals surface area (Å²) in [6.45, 7) is 2.44. The van der Waals surface area contributed by atoms with Crippen LogP contribution >= 0.6 is 0 Å². The normalized spacial score (nSPS) is 26.9. The Morgan fingerprint density at radius 2 is 0.938 bits per heavy atom. The van der Waals surface area contributed by atoms with Crippen molar-refractivity contribution in [3.63, 3.8) is 0 Å². The second kappa shape index (κ2) is 36.8. The van der Waals surface area contributed by atoms with Crippen molar-refractivity contribution < 1.29 is 73.8 Å². The summed E-state index contributed by atoms with van der Waals surface area (Å²) in [5, 5.41) is 71.9. The lowest BCUT2D eigenvalue weighted by Gasteiger charge is -2.42. The molecule has 0 bridgehead atoms. The van der Waals surface area contributed by atoms with Gasteiger partial charge in [0.1, 0.15) is 55.4 Å². The molecule has 0 amide bonds. The van der Waals surface area contributed by atoms with Gasteiger partial charge in [-0.1, -0.05) is 159 Å². The van der Waals surface area contributed by atoms with E-state index < -0.39 is 99.3 Å². The molecule has 7 N–H and O–H groups in total. The lowest BCUT2D eigenvalue weighted by Crippen LogP contribution is -2.61. The Hall–Kier alpha value is -2.28. The van der Waals surface area contributed by atoms with Crippen molar-refractivity contribution in [2.75, 3.05) is 26.4 Å². The second-order valence-electron chi connectivity index (χ2n) is 17.3. The maximum Gasteiger partial charge on any atom is 0.310 e. The molecule has 2 aliphatic rings. The van der Waals surface area contributed by atoms with E-state index >= 15 is 0 Å². The third kappa shape index (κ3) is 25.0. The minimum Gasteiger partial charge on any atom is -0.461 e. The average Bonchev–Trinajstić information content (AvgIpc) is 3.29. The molecule has 11 atom stereocenters. The molecule has 15 heteroatoms. The number of hydrogen-bond donors (Lipinski definition) is 7. The molecule has 2 rings (SSSR count). The highest BCUT2D eigenvalue weighted by Gasteiger charge is 2.47. The number of esters is 2. The van der Waals surface area contributed by atoms with E-state index in [2.05, 4.69) is 26.0 Å². The van der Waals surface area contributed by atoms with E-state index in [9.17, 15) is 45.3 Å². The Morgan fingerprint density at radius 1 is 0.500 bits per heavy atom. The largest absolute Gasteiger partial charge is 0.461 e. The van der Waals surface area contributed by atoms with Crippen LogP contribution in [-0.4, -0.2) is 142 Å². The topological polar surface area (TPSA) is 231 Å². The average molecular weight is 915 g/mol. The van der Waals surface area contributed by atoms with Crippen molar-refractivity contribution in [1.29, 1.82) is 0 Å². The van der Waals surface area contributed by atoms with Crippen LogP contribution < -0.4 is 0 Å². The predicted molar refractivity (Wildman–Crippen MR) is 243 cm³/mol. The first-order valence-electron chi connectivity index (χ1n) is 24.6. The molecule has 4 unspecified atom stereocenters. The quantitative estimate of drug-likeness (QED) is 0.0211. The number of ether oxygens (including phenoxy) is 6. The molecule has 0 saturated carbocycles. The Bertz CT molecular complexity index is 1260. The van der Waals surface area contributed by atoms with Crippen LogP contribution in [0.15, 0.2) is 36.5 Å². The molecule has 0 aliphatic carbocycles. The third-order valence-corrected chi connectivity index (χ3v) is 11.7. The number of unbranched alkanes of at least 4 members (excludes halogenated alkanes) is 19. The first-order valence-corrected chi connectivity index (χ1v) is 24.6. The second-order valence-corrected chi connectivity index (χ2v) is 17.3. The van der Waals surface area contributed by atoms with Crippen LogP contribution in [-0.2, 0) is 38.0 Å². The number of aliphatic hydroxyl groups excluding tert-OH is 7. The van der Waals surface area contributed by atoms with Gasteiger partial charge in [0.05, 0.1) is 32.7 Å². The molecule has 0 radical (unpaired) electrons. The maximum atomic E-state index is 12.9. The molecule has 372 valence electrons. The molecule has 0 aromatic heterocycles. The van der Waals surface area contributed by atoms with Crippen LogP contribution in [0.3, 0.4) is 0 Å². The zero-order chi connectivity index (χ0) is 46.8. The number of hydrogen-bond acceptors (Lipinski definition) is 15. The van der Waals surface area contributed by atoms with Crippen LogP contribution in [0.4, 0.5) is 0 Å². The van der Waals surface area contributed by atoms with Crippen molar-refractivity contribution in [3.8, 4) is 0 Å². The van der Waals surface area contributed by atoms with E-state index in [-0.39, 0.29) is 19.4 Å². The monoisotopic (exact) mass is 915 g/mol. The fourth-order valence-corrected chi connectivity index (χ4v) is 7.57. The van der Waals surface area contributed by atoms with Gasteiger partial charge in [-0.25, -0.2) is 0 Å². The van der Waals surface area contributed by atoms with Gasteiger partial charge in [-0.15, -0.1) is 0 Å². The Labute approximate surface area is 383 Å². The van der Waals surface area contributed by atoms with E-state index in [0.29, 0.717) is 6.42 Å². The van der Waals surface area contributed by atoms with E-state index in [1.807, 2.05) is 12.2 Å². The summed E-state index contributed by atoms with van der Waals surface area (Å²) in [6, 6.07) is 0. The smallest absolute Gasteiger partial charge is 0.310 e. The van der Waals surface area contributed by atoms with E-state index in [0.717, 1.165) is 25.7 Å². The van der Waals surface area contributed by atoms with Crippen molar-refractivity contribution >= 4 is 11.9 Å². The molecular weight excluding hydrogens is 829 g/mol. The third-order valence-electron chi connectivity index (χ3n) is 11.7. The number of carbonyl (C=O) groups excluding carboxylic acids is 2. The lowest BCUT2D eigenvalue weighted by molar-refractivity contribution is -0.332. The van der Waals surface area contributed by atoms with Crippen LogP contribution in [0, 0.1) is 0 Å². The van der Waals surface area contributed by atoms with Crippen LogP contribution in [0.25, 0.3) is 0 Å². The number of carbonyl (C=O) groups is 2. The standard InChI is InChI=1S/C49H86O15/c1-3-5-7-9-11-13-15-17-19-21-23-25-27-29-31-40(51)59-34-37(62-41(52)32-30-28-26-24-22-20-18-16-14-12-10-8-6-4-2)35-60-48-47(58)45(56)43(54)39(64-48)36-61-49-46(57)44(55)42(53)38(33-50)63-49/h21,23,27-30,37-39,42-50,53-58H,3-20,22,24-26,31-36H2,1-2H3/t37-,38-,39-,42+,43+,44?,45?,46?,47?,48-,49+/m1/s1. The van der Waals surface area contributed by atoms with E-state index in [1.165, 1.54) is 109 Å². The number of rotatable bonds is 37. The Balaban J connectivity index is 1.87. The summed E-state index contributed by atoms with van der Waals surface area (Å²) in [4.78, 5) is 25.6. The molecule has 0 aromatic rings. The molecule has 0 spiro atoms. The summed E-state index contributed by atoms with van der Waals surface area (Å²) in [5.41, 5.74) is 0. The highest BCUT2D eigenvalue weighted by molar-refractivity contribution is 5.72. The van der Waals surface area contributed by atoms with Crippen molar-refractivity contribution in [2.45, 2.75) is 235 Å². The predicted octanol–water partition coefficient (Wildman–Crippen LogP) is 6.15. The Kier molecular flexibility index (Phi) is 33.3. The van der Waals surface area contributed by atoms with Crippen molar-refractivity contribution in [1.82, 2.24) is 0 Å². The lowest BCUT2D eigenvalue weighted by atomic mass is 9.98. The minimum atomic E-state index is -1.78. The first kappa shape index (κ1) is 57.8. The summed E-state index contributed by atoms with van der Waals surface area (Å²) >= 11 is 0. The molecule has 15 nitrogen and oxygen atoms in total. The van der Waals surface area contributed by atoms with Gasteiger partial charge in [-0.2, -0.15) is 0 Å². The van der Waals surface area contributed by atoms with E-state index in [4.69, 9.17) is 28.4 Å². The van der Waals surface area contributed by atoms with Gasteiger partial charge in [0.2, 0.25) is 0 Å². The van der Waals surface area contributed by atoms with Gasteiger partial charge < -0.3 is 64.2 Å². The zero-order valence-electron chi connectivity index (χ0n) is 39.0. The SMILES string of the molecule is CCCCCCCCCCC=CCC=CCC(=O)OC[C@H](CO[C@@H]1O[C@H](CO[C@H]2O[C@H](CO)[C@H](O)C(O)C2O)[C@H](O)C(O)C1O)OC(=O)CC=CCCCCCCCCCCCCC. The molecular formula is C49H86O15. The van der Waals surface area contributed by atoms with Gasteiger partial charge in [0.25, 0.3) is 0 Å². The van der Waals surface area contributed by atoms with Crippen LogP contribution in [0.2, 0.25) is 0 Å². The minimum absolute atomic E-state index is 0.000162. The van der Waals surface area contributed by atoms with Gasteiger partial charge in [0, 0.05) is 0 Å². The number of allylic oxidation sites excluding steroid dienone is 4. The van der Waals surface area contributed by atoms with Crippen molar-refractivity contribution in [3.05, 3.63) is 36.5 Å². The Morgan fingerprint density at radius 3 is 1.48 bits per heavy atom. The van der Waals surface area contributed by atoms with E-state index in [1.54, 1.807) is 12.2 Å². The highest BCUT2D eigenvalue weighted by atomic mass is 16.7. The van der Waals surface area contributed by atoms with Gasteiger partial charge in [0.15, 0.2) is 18.7 Å². The highest BCUT2D eigenvalue weighted by Crippen LogP contribution is 2.26. The van der Waals surface area contributed by atoms with Gasteiger partial charge in [-0.3, -0.25) is 9.59 Å². The fourth-order valence-electron chi connectivity index (χ4n) is 7.57. The molecule has 0 aromatic carbocycles. The molecule has 64 heavy (non-hydrogen) atoms. The molecule has 2 heterocycles. The summed E-state index contributed by atoms with van der Waals surface area (Å²) in [7, 11) is 0. The molecule has 2 aliphatic heterocycles. The molecule has 2 saturated heterocycles.